The van der Waals surface area contributed by atoms with Crippen LogP contribution in [0.1, 0.15) is 82.1 Å². The molecule has 170 valence electrons. The number of Topliss-reactive ketones (excluding diaryl/α,β-unsaturated/α-hetero) is 1. The van der Waals surface area contributed by atoms with Crippen molar-refractivity contribution >= 4 is 11.5 Å². The highest BCUT2D eigenvalue weighted by Crippen LogP contribution is 2.36. The molecule has 0 aromatic rings. The molecule has 2 rings (SSSR count). The van der Waals surface area contributed by atoms with Crippen LogP contribution in [0, 0.1) is 40.4 Å². The maximum atomic E-state index is 13.3. The van der Waals surface area contributed by atoms with Gasteiger partial charge in [0.25, 0.3) is 0 Å². The number of nitrogens with one attached hydrogen (secondary N) is 1. The Morgan fingerprint density at radius 1 is 1.13 bits per heavy atom. The van der Waals surface area contributed by atoms with Crippen molar-refractivity contribution in [3.63, 3.8) is 0 Å². The number of nitrogens with zero attached hydrogens (tertiary/aromatic N) is 1. The number of ketones is 1. The average Bonchev–Trinajstić information content (AvgIpc) is 2.75. The van der Waals surface area contributed by atoms with Gasteiger partial charge in [-0.15, -0.1) is 0 Å². The summed E-state index contributed by atoms with van der Waals surface area (Å²) in [7, 11) is 0. The zero-order valence-electron chi connectivity index (χ0n) is 21.3. The van der Waals surface area contributed by atoms with Gasteiger partial charge in [-0.2, -0.15) is 0 Å². The number of hydrogen-bond acceptors (Lipinski definition) is 3. The van der Waals surface area contributed by atoms with E-state index in [4.69, 9.17) is 4.99 Å². The van der Waals surface area contributed by atoms with Gasteiger partial charge in [-0.05, 0) is 60.7 Å². The van der Waals surface area contributed by atoms with Crippen LogP contribution >= 0.6 is 0 Å². The number of carbonyl (C=O) groups is 1. The molecule has 31 heavy (non-hydrogen) atoms. The third-order valence-electron chi connectivity index (χ3n) is 5.82. The molecule has 0 aromatic heterocycles. The maximum absolute atomic E-state index is 13.3. The third-order valence-corrected chi connectivity index (χ3v) is 5.82. The maximum Gasteiger partial charge on any atom is 0.174 e. The van der Waals surface area contributed by atoms with Crippen LogP contribution in [0.3, 0.4) is 0 Å². The standard InChI is InChI=1S/C28H42N2O/c1-18(2)15-20(4)29-21-12-14-25(19(3)16-21)30-22-11-13-23(27(5,6)7)26(31)24(17-22)28(8,9)10/h12,14,17-20,23,29H,15-16H2,1-10H3/t19?,20?,23-/m0/s1. The van der Waals surface area contributed by atoms with Gasteiger partial charge in [0.15, 0.2) is 5.78 Å². The molecule has 0 saturated heterocycles. The molecule has 0 saturated carbocycles. The Morgan fingerprint density at radius 2 is 1.77 bits per heavy atom. The normalized spacial score (nSPS) is 24.7. The SMILES string of the molecule is CC(C)CC(C)NC1=CC=C(N=C2C#C[C@H](C(C)(C)C)C(=O)C(C(C)(C)C)=C2)C(C)C1. The molecule has 3 heteroatoms. The van der Waals surface area contributed by atoms with Crippen LogP contribution in [-0.4, -0.2) is 17.5 Å². The molecule has 0 amide bonds. The fourth-order valence-electron chi connectivity index (χ4n) is 4.20. The molecular formula is C28H42N2O. The first-order valence-electron chi connectivity index (χ1n) is 11.7. The van der Waals surface area contributed by atoms with Gasteiger partial charge in [0.2, 0.25) is 0 Å². The second kappa shape index (κ2) is 9.60. The van der Waals surface area contributed by atoms with Crippen LogP contribution in [0.2, 0.25) is 0 Å². The summed E-state index contributed by atoms with van der Waals surface area (Å²) in [5, 5.41) is 3.65. The zero-order chi connectivity index (χ0) is 23.6. The van der Waals surface area contributed by atoms with E-state index in [-0.39, 0.29) is 22.5 Å². The summed E-state index contributed by atoms with van der Waals surface area (Å²) in [6, 6.07) is 0.463. The van der Waals surface area contributed by atoms with Crippen LogP contribution in [-0.2, 0) is 4.79 Å². The fraction of sp³-hybridized carbons (Fsp3) is 0.643. The monoisotopic (exact) mass is 422 g/mol. The number of allylic oxidation sites excluding steroid dienone is 6. The van der Waals surface area contributed by atoms with Gasteiger partial charge in [0, 0.05) is 28.9 Å². The van der Waals surface area contributed by atoms with Crippen LogP contribution in [0.5, 0.6) is 0 Å². The lowest BCUT2D eigenvalue weighted by Gasteiger charge is -2.29. The number of carbonyl (C=O) groups excluding carboxylic acids is 1. The van der Waals surface area contributed by atoms with Crippen molar-refractivity contribution in [2.45, 2.75) is 88.1 Å². The van der Waals surface area contributed by atoms with Gasteiger partial charge in [0.05, 0.1) is 5.92 Å². The predicted octanol–water partition coefficient (Wildman–Crippen LogP) is 6.48. The van der Waals surface area contributed by atoms with Crippen molar-refractivity contribution in [2.75, 3.05) is 0 Å². The lowest BCUT2D eigenvalue weighted by atomic mass is 9.72. The first-order chi connectivity index (χ1) is 14.2. The lowest BCUT2D eigenvalue weighted by molar-refractivity contribution is -0.120. The molecule has 3 atom stereocenters. The highest BCUT2D eigenvalue weighted by Gasteiger charge is 2.36. The number of hydrogen-bond donors (Lipinski definition) is 1. The fourth-order valence-corrected chi connectivity index (χ4v) is 4.20. The van der Waals surface area contributed by atoms with Crippen molar-refractivity contribution in [1.82, 2.24) is 5.32 Å². The molecule has 0 bridgehead atoms. The molecule has 1 N–H and O–H groups in total. The van der Waals surface area contributed by atoms with Crippen molar-refractivity contribution in [1.29, 1.82) is 0 Å². The van der Waals surface area contributed by atoms with Crippen molar-refractivity contribution < 1.29 is 4.79 Å². The Balaban J connectivity index is 2.38. The van der Waals surface area contributed by atoms with E-state index in [9.17, 15) is 4.79 Å². The molecule has 2 aliphatic rings. The Morgan fingerprint density at radius 3 is 2.29 bits per heavy atom. The molecule has 0 radical (unpaired) electrons. The lowest BCUT2D eigenvalue weighted by Crippen LogP contribution is -2.31. The zero-order valence-corrected chi connectivity index (χ0v) is 21.3. The highest BCUT2D eigenvalue weighted by atomic mass is 16.1. The summed E-state index contributed by atoms with van der Waals surface area (Å²) in [5.41, 5.74) is 3.32. The van der Waals surface area contributed by atoms with Crippen LogP contribution in [0.4, 0.5) is 0 Å². The van der Waals surface area contributed by atoms with E-state index >= 15 is 0 Å². The van der Waals surface area contributed by atoms with Crippen molar-refractivity contribution in [2.24, 2.45) is 33.6 Å². The minimum Gasteiger partial charge on any atom is -0.386 e. The summed E-state index contributed by atoms with van der Waals surface area (Å²) in [5.74, 6) is 7.27. The second-order valence-corrected chi connectivity index (χ2v) is 11.8. The largest absolute Gasteiger partial charge is 0.386 e. The van der Waals surface area contributed by atoms with E-state index in [2.05, 4.69) is 98.5 Å². The summed E-state index contributed by atoms with van der Waals surface area (Å²) >= 11 is 0. The van der Waals surface area contributed by atoms with Gasteiger partial charge in [-0.1, -0.05) is 68.2 Å². The van der Waals surface area contributed by atoms with E-state index < -0.39 is 0 Å². The van der Waals surface area contributed by atoms with Gasteiger partial charge >= 0.3 is 0 Å². The van der Waals surface area contributed by atoms with Gasteiger partial charge in [0.1, 0.15) is 5.71 Å². The topological polar surface area (TPSA) is 41.5 Å². The minimum atomic E-state index is -0.318. The summed E-state index contributed by atoms with van der Waals surface area (Å²) in [6.45, 7) is 21.5. The first-order valence-corrected chi connectivity index (χ1v) is 11.7. The van der Waals surface area contributed by atoms with E-state index in [0.717, 1.165) is 24.1 Å². The molecule has 0 fully saturated rings. The Labute approximate surface area is 190 Å². The predicted molar refractivity (Wildman–Crippen MR) is 133 cm³/mol. The van der Waals surface area contributed by atoms with E-state index in [1.165, 1.54) is 5.70 Å². The van der Waals surface area contributed by atoms with Gasteiger partial charge in [-0.3, -0.25) is 4.79 Å². The minimum absolute atomic E-state index is 0.133. The van der Waals surface area contributed by atoms with E-state index in [1.807, 2.05) is 6.08 Å². The van der Waals surface area contributed by atoms with Crippen LogP contribution in [0.25, 0.3) is 0 Å². The molecule has 0 aliphatic heterocycles. The Hall–Kier alpha value is -2.08. The first kappa shape index (κ1) is 25.2. The molecular weight excluding hydrogens is 380 g/mol. The summed E-state index contributed by atoms with van der Waals surface area (Å²) in [6.07, 6.45) is 8.28. The molecule has 0 aromatic carbocycles. The molecule has 0 spiro atoms. The third kappa shape index (κ3) is 6.96. The Bertz CT molecular complexity index is 873. The van der Waals surface area contributed by atoms with Crippen molar-refractivity contribution in [3.05, 3.63) is 35.2 Å². The highest BCUT2D eigenvalue weighted by molar-refractivity contribution is 6.16. The summed E-state index contributed by atoms with van der Waals surface area (Å²) in [4.78, 5) is 18.2. The molecule has 3 nitrogen and oxygen atoms in total. The molecule has 2 aliphatic carbocycles. The second-order valence-electron chi connectivity index (χ2n) is 11.8. The molecule has 0 heterocycles. The quantitative estimate of drug-likeness (QED) is 0.515. The number of aliphatic imine (C=N–C) groups is 1. The van der Waals surface area contributed by atoms with Crippen LogP contribution in [0.15, 0.2) is 40.2 Å². The number of rotatable bonds is 5. The summed E-state index contributed by atoms with van der Waals surface area (Å²) < 4.78 is 0. The van der Waals surface area contributed by atoms with Gasteiger partial charge < -0.3 is 5.32 Å². The average molecular weight is 423 g/mol. The smallest absolute Gasteiger partial charge is 0.174 e. The van der Waals surface area contributed by atoms with E-state index in [1.54, 1.807) is 0 Å². The van der Waals surface area contributed by atoms with Gasteiger partial charge in [-0.25, -0.2) is 4.99 Å². The Kier molecular flexibility index (Phi) is 7.79. The van der Waals surface area contributed by atoms with Crippen molar-refractivity contribution in [3.8, 4) is 11.8 Å². The molecule has 2 unspecified atom stereocenters. The van der Waals surface area contributed by atoms with Crippen LogP contribution < -0.4 is 5.32 Å². The van der Waals surface area contributed by atoms with E-state index in [0.29, 0.717) is 23.6 Å².